The number of esters is 1. The number of benzene rings is 3. The summed E-state index contributed by atoms with van der Waals surface area (Å²) >= 11 is 1.18. The number of fused-ring (bicyclic) bond motifs is 1. The highest BCUT2D eigenvalue weighted by molar-refractivity contribution is 7.16. The predicted molar refractivity (Wildman–Crippen MR) is 148 cm³/mol. The number of hydrogen-bond donors (Lipinski definition) is 0. The highest BCUT2D eigenvalue weighted by atomic mass is 32.1. The molecule has 0 radical (unpaired) electrons. The zero-order valence-electron chi connectivity index (χ0n) is 21.8. The van der Waals surface area contributed by atoms with Gasteiger partial charge in [0.05, 0.1) is 23.4 Å². The minimum atomic E-state index is -1.10. The van der Waals surface area contributed by atoms with Crippen LogP contribution in [-0.2, 0) is 20.9 Å². The molecular weight excluding hydrogens is 504 g/mol. The van der Waals surface area contributed by atoms with Gasteiger partial charge in [-0.2, -0.15) is 0 Å². The summed E-state index contributed by atoms with van der Waals surface area (Å²) in [6, 6.07) is 22.6. The lowest BCUT2D eigenvalue weighted by atomic mass is 10.0. The van der Waals surface area contributed by atoms with Crippen LogP contribution in [0.4, 0.5) is 0 Å². The second-order valence-corrected chi connectivity index (χ2v) is 9.84. The van der Waals surface area contributed by atoms with Crippen LogP contribution in [-0.4, -0.2) is 42.2 Å². The molecule has 0 aliphatic heterocycles. The van der Waals surface area contributed by atoms with Crippen LogP contribution < -0.4 is 14.3 Å². The lowest BCUT2D eigenvalue weighted by molar-refractivity contribution is -0.158. The summed E-state index contributed by atoms with van der Waals surface area (Å²) < 4.78 is 19.3. The lowest BCUT2D eigenvalue weighted by Gasteiger charge is -2.24. The van der Waals surface area contributed by atoms with Gasteiger partial charge in [-0.1, -0.05) is 52.9 Å². The van der Waals surface area contributed by atoms with E-state index in [1.165, 1.54) is 18.4 Å². The van der Waals surface area contributed by atoms with Gasteiger partial charge in [0.1, 0.15) is 30.9 Å². The number of rotatable bonds is 11. The number of ether oxygens (including phenoxy) is 3. The van der Waals surface area contributed by atoms with Gasteiger partial charge in [-0.05, 0) is 57.2 Å². The molecule has 38 heavy (non-hydrogen) atoms. The molecule has 3 aromatic carbocycles. The van der Waals surface area contributed by atoms with Crippen molar-refractivity contribution in [3.8, 4) is 11.5 Å². The van der Waals surface area contributed by atoms with Crippen LogP contribution in [0.5, 0.6) is 11.5 Å². The third-order valence-corrected chi connectivity index (χ3v) is 6.66. The molecule has 0 atom stereocenters. The molecule has 0 fully saturated rings. The van der Waals surface area contributed by atoms with E-state index in [0.29, 0.717) is 37.0 Å². The molecule has 1 heterocycles. The summed E-state index contributed by atoms with van der Waals surface area (Å²) in [4.78, 5) is 29.8. The van der Waals surface area contributed by atoms with Crippen molar-refractivity contribution in [3.05, 3.63) is 93.6 Å². The van der Waals surface area contributed by atoms with E-state index in [-0.39, 0.29) is 4.87 Å². The Hall–Kier alpha value is -4.11. The first-order valence-corrected chi connectivity index (χ1v) is 13.0. The van der Waals surface area contributed by atoms with Gasteiger partial charge in [0.2, 0.25) is 0 Å². The summed E-state index contributed by atoms with van der Waals surface area (Å²) in [7, 11) is 1.52. The Bertz CT molecular complexity index is 1470. The number of oxime groups is 1. The molecule has 4 rings (SSSR count). The Morgan fingerprint density at radius 3 is 2.37 bits per heavy atom. The molecule has 9 heteroatoms. The van der Waals surface area contributed by atoms with Crippen LogP contribution in [0.1, 0.15) is 31.9 Å². The van der Waals surface area contributed by atoms with E-state index in [1.807, 2.05) is 48.5 Å². The summed E-state index contributed by atoms with van der Waals surface area (Å²) in [5.74, 6) is 0.728. The number of thiazole rings is 1. The van der Waals surface area contributed by atoms with Crippen molar-refractivity contribution in [2.75, 3.05) is 20.3 Å². The molecule has 0 saturated heterocycles. The minimum absolute atomic E-state index is 0.0596. The van der Waals surface area contributed by atoms with Crippen LogP contribution in [0.3, 0.4) is 0 Å². The van der Waals surface area contributed by atoms with Crippen LogP contribution in [0.2, 0.25) is 0 Å². The standard InChI is InChI=1S/C29H30N2O6S/c1-5-35-27(32)29(2,3)37-23-14-12-22(13-15-23)36-18-17-31-24-16-11-21(19-25(24)38-28(31)33)26(30-34-4)20-9-7-6-8-10-20/h6-16,19H,5,17-18H2,1-4H3/b30-26+. The number of carbonyl (C=O) groups excluding carboxylic acids is 1. The van der Waals surface area contributed by atoms with Gasteiger partial charge in [-0.3, -0.25) is 9.36 Å². The molecule has 0 unspecified atom stereocenters. The smallest absolute Gasteiger partial charge is 0.349 e. The summed E-state index contributed by atoms with van der Waals surface area (Å²) in [6.07, 6.45) is 0. The Labute approximate surface area is 225 Å². The van der Waals surface area contributed by atoms with Crippen LogP contribution in [0.15, 0.2) is 82.7 Å². The van der Waals surface area contributed by atoms with Gasteiger partial charge in [0.15, 0.2) is 5.60 Å². The number of nitrogens with zero attached hydrogens (tertiary/aromatic N) is 2. The van der Waals surface area contributed by atoms with E-state index in [9.17, 15) is 9.59 Å². The Balaban J connectivity index is 1.43. The van der Waals surface area contributed by atoms with Crippen LogP contribution in [0, 0.1) is 0 Å². The number of carbonyl (C=O) groups is 1. The fraction of sp³-hybridized carbons (Fsp3) is 0.276. The van der Waals surface area contributed by atoms with Gasteiger partial charge in [0.25, 0.3) is 0 Å². The SMILES string of the molecule is CCOC(=O)C(C)(C)Oc1ccc(OCCn2c(=O)sc3cc(/C(=N/OC)c4ccccc4)ccc32)cc1. The van der Waals surface area contributed by atoms with E-state index < -0.39 is 11.6 Å². The first-order valence-electron chi connectivity index (χ1n) is 12.2. The number of hydrogen-bond acceptors (Lipinski definition) is 8. The van der Waals surface area contributed by atoms with E-state index in [4.69, 9.17) is 19.0 Å². The fourth-order valence-corrected chi connectivity index (χ4v) is 4.84. The normalized spacial score (nSPS) is 11.8. The maximum absolute atomic E-state index is 12.8. The maximum Gasteiger partial charge on any atom is 0.349 e. The molecule has 0 aliphatic rings. The van der Waals surface area contributed by atoms with Crippen LogP contribution in [0.25, 0.3) is 10.2 Å². The van der Waals surface area contributed by atoms with Gasteiger partial charge >= 0.3 is 10.8 Å². The van der Waals surface area contributed by atoms with E-state index in [0.717, 1.165) is 21.3 Å². The average Bonchev–Trinajstić information content (AvgIpc) is 3.22. The van der Waals surface area contributed by atoms with Crippen molar-refractivity contribution in [1.29, 1.82) is 0 Å². The van der Waals surface area contributed by atoms with Crippen molar-refractivity contribution in [2.24, 2.45) is 5.16 Å². The quantitative estimate of drug-likeness (QED) is 0.148. The first-order chi connectivity index (χ1) is 18.3. The largest absolute Gasteiger partial charge is 0.492 e. The summed E-state index contributed by atoms with van der Waals surface area (Å²) in [6.45, 7) is 6.07. The monoisotopic (exact) mass is 534 g/mol. The van der Waals surface area contributed by atoms with Crippen LogP contribution >= 0.6 is 11.3 Å². The zero-order valence-corrected chi connectivity index (χ0v) is 22.6. The van der Waals surface area contributed by atoms with Crippen molar-refractivity contribution in [2.45, 2.75) is 32.9 Å². The molecular formula is C29H30N2O6S. The van der Waals surface area contributed by atoms with Gasteiger partial charge in [-0.25, -0.2) is 4.79 Å². The van der Waals surface area contributed by atoms with Gasteiger partial charge in [-0.15, -0.1) is 0 Å². The van der Waals surface area contributed by atoms with Gasteiger partial charge in [0, 0.05) is 11.1 Å². The topological polar surface area (TPSA) is 88.4 Å². The molecule has 0 amide bonds. The Morgan fingerprint density at radius 2 is 1.68 bits per heavy atom. The van der Waals surface area contributed by atoms with E-state index in [1.54, 1.807) is 49.6 Å². The van der Waals surface area contributed by atoms with Crippen molar-refractivity contribution >= 4 is 33.2 Å². The summed E-state index contributed by atoms with van der Waals surface area (Å²) in [5.41, 5.74) is 2.22. The zero-order chi connectivity index (χ0) is 27.1. The minimum Gasteiger partial charge on any atom is -0.492 e. The van der Waals surface area contributed by atoms with Crippen molar-refractivity contribution < 1.29 is 23.8 Å². The van der Waals surface area contributed by atoms with E-state index >= 15 is 0 Å². The Morgan fingerprint density at radius 1 is 0.974 bits per heavy atom. The molecule has 0 N–H and O–H groups in total. The van der Waals surface area contributed by atoms with Crippen molar-refractivity contribution in [1.82, 2.24) is 4.57 Å². The van der Waals surface area contributed by atoms with E-state index in [2.05, 4.69) is 5.16 Å². The average molecular weight is 535 g/mol. The Kier molecular flexibility index (Phi) is 8.48. The molecule has 8 nitrogen and oxygen atoms in total. The number of aromatic nitrogens is 1. The second kappa shape index (κ2) is 12.0. The third kappa shape index (κ3) is 6.23. The first kappa shape index (κ1) is 26.9. The lowest BCUT2D eigenvalue weighted by Crippen LogP contribution is -2.39. The molecule has 0 bridgehead atoms. The molecule has 0 spiro atoms. The second-order valence-electron chi connectivity index (χ2n) is 8.84. The van der Waals surface area contributed by atoms with Crippen molar-refractivity contribution in [3.63, 3.8) is 0 Å². The molecule has 0 aliphatic carbocycles. The predicted octanol–water partition coefficient (Wildman–Crippen LogP) is 5.26. The highest BCUT2D eigenvalue weighted by Gasteiger charge is 2.31. The highest BCUT2D eigenvalue weighted by Crippen LogP contribution is 2.24. The fourth-order valence-electron chi connectivity index (χ4n) is 3.88. The van der Waals surface area contributed by atoms with Gasteiger partial charge < -0.3 is 19.0 Å². The molecule has 198 valence electrons. The third-order valence-electron chi connectivity index (χ3n) is 5.72. The molecule has 1 aromatic heterocycles. The molecule has 4 aromatic rings. The summed E-state index contributed by atoms with van der Waals surface area (Å²) in [5, 5.41) is 4.21. The maximum atomic E-state index is 12.8. The molecule has 0 saturated carbocycles.